The van der Waals surface area contributed by atoms with Gasteiger partial charge in [-0.2, -0.15) is 0 Å². The van der Waals surface area contributed by atoms with Crippen LogP contribution in [0.15, 0.2) is 29.4 Å². The Morgan fingerprint density at radius 3 is 2.71 bits per heavy atom. The number of cyclic esters (lactones) is 1. The molecule has 1 aliphatic heterocycles. The summed E-state index contributed by atoms with van der Waals surface area (Å²) < 4.78 is 17.4. The molecule has 0 aromatic heterocycles. The molecule has 0 spiro atoms. The minimum atomic E-state index is -0.403. The molecule has 0 saturated heterocycles. The van der Waals surface area contributed by atoms with Crippen LogP contribution in [0.1, 0.15) is 5.56 Å². The quantitative estimate of drug-likeness (QED) is 0.667. The summed E-state index contributed by atoms with van der Waals surface area (Å²) in [4.78, 5) is 10.9. The summed E-state index contributed by atoms with van der Waals surface area (Å²) in [6.07, 6.45) is 0. The predicted molar refractivity (Wildman–Crippen MR) is 47.0 cm³/mol. The maximum Gasteiger partial charge on any atom is 0.333 e. The SMILES string of the molecule is O=C1CNN=C(c2ccc(F)cc2)O1. The van der Waals surface area contributed by atoms with E-state index in [4.69, 9.17) is 4.74 Å². The van der Waals surface area contributed by atoms with Crippen LogP contribution in [-0.2, 0) is 9.53 Å². The van der Waals surface area contributed by atoms with Gasteiger partial charge in [-0.25, -0.2) is 9.18 Å². The molecule has 0 aliphatic carbocycles. The molecule has 1 aliphatic rings. The largest absolute Gasteiger partial charge is 0.404 e. The Labute approximate surface area is 79.4 Å². The predicted octanol–water partition coefficient (Wildman–Crippen LogP) is 0.634. The van der Waals surface area contributed by atoms with E-state index in [1.54, 1.807) is 0 Å². The van der Waals surface area contributed by atoms with Gasteiger partial charge in [-0.1, -0.05) is 0 Å². The van der Waals surface area contributed by atoms with Gasteiger partial charge >= 0.3 is 5.97 Å². The summed E-state index contributed by atoms with van der Waals surface area (Å²) in [5.74, 6) is -0.579. The number of rotatable bonds is 1. The van der Waals surface area contributed by atoms with Crippen molar-refractivity contribution in [3.63, 3.8) is 0 Å². The number of hydrazone groups is 1. The lowest BCUT2D eigenvalue weighted by molar-refractivity contribution is -0.135. The molecule has 5 heteroatoms. The van der Waals surface area contributed by atoms with Crippen LogP contribution in [0.25, 0.3) is 0 Å². The third-order valence-electron chi connectivity index (χ3n) is 1.71. The molecule has 2 rings (SSSR count). The van der Waals surface area contributed by atoms with E-state index >= 15 is 0 Å². The fraction of sp³-hybridized carbons (Fsp3) is 0.111. The second-order valence-electron chi connectivity index (χ2n) is 2.73. The van der Waals surface area contributed by atoms with Gasteiger partial charge in [-0.05, 0) is 24.3 Å². The zero-order valence-corrected chi connectivity index (χ0v) is 7.16. The van der Waals surface area contributed by atoms with E-state index in [0.29, 0.717) is 5.56 Å². The fourth-order valence-corrected chi connectivity index (χ4v) is 1.06. The molecule has 1 aromatic rings. The Morgan fingerprint density at radius 2 is 2.07 bits per heavy atom. The summed E-state index contributed by atoms with van der Waals surface area (Å²) in [6, 6.07) is 5.55. The Bertz CT molecular complexity index is 386. The number of benzene rings is 1. The summed E-state index contributed by atoms with van der Waals surface area (Å²) >= 11 is 0. The molecule has 0 radical (unpaired) electrons. The molecule has 0 fully saturated rings. The zero-order chi connectivity index (χ0) is 9.97. The van der Waals surface area contributed by atoms with Gasteiger partial charge in [0.2, 0.25) is 5.90 Å². The van der Waals surface area contributed by atoms with Crippen LogP contribution < -0.4 is 5.43 Å². The van der Waals surface area contributed by atoms with Crippen LogP contribution in [0.2, 0.25) is 0 Å². The number of ether oxygens (including phenoxy) is 1. The number of carbonyl (C=O) groups is 1. The highest BCUT2D eigenvalue weighted by Crippen LogP contribution is 2.06. The number of nitrogens with zero attached hydrogens (tertiary/aromatic N) is 1. The molecule has 0 amide bonds. The first-order valence-corrected chi connectivity index (χ1v) is 4.03. The summed E-state index contributed by atoms with van der Waals surface area (Å²) in [6.45, 7) is 0.0602. The van der Waals surface area contributed by atoms with Crippen molar-refractivity contribution in [1.29, 1.82) is 0 Å². The van der Waals surface area contributed by atoms with Gasteiger partial charge in [0.1, 0.15) is 12.4 Å². The molecular formula is C9H7FN2O2. The Morgan fingerprint density at radius 1 is 1.36 bits per heavy atom. The zero-order valence-electron chi connectivity index (χ0n) is 7.16. The van der Waals surface area contributed by atoms with Crippen LogP contribution in [0, 0.1) is 5.82 Å². The first kappa shape index (κ1) is 8.68. The van der Waals surface area contributed by atoms with Crippen LogP contribution >= 0.6 is 0 Å². The monoisotopic (exact) mass is 194 g/mol. The highest BCUT2D eigenvalue weighted by atomic mass is 19.1. The maximum atomic E-state index is 12.6. The minimum absolute atomic E-state index is 0.0602. The van der Waals surface area contributed by atoms with Crippen molar-refractivity contribution in [3.8, 4) is 0 Å². The van der Waals surface area contributed by atoms with Crippen molar-refractivity contribution in [1.82, 2.24) is 5.43 Å². The van der Waals surface area contributed by atoms with Gasteiger partial charge in [0.05, 0.1) is 0 Å². The van der Waals surface area contributed by atoms with Crippen LogP contribution in [0.3, 0.4) is 0 Å². The smallest absolute Gasteiger partial charge is 0.333 e. The van der Waals surface area contributed by atoms with E-state index in [1.165, 1.54) is 24.3 Å². The number of hydrogen-bond donors (Lipinski definition) is 1. The van der Waals surface area contributed by atoms with Gasteiger partial charge in [0.15, 0.2) is 0 Å². The lowest BCUT2D eigenvalue weighted by atomic mass is 10.2. The van der Waals surface area contributed by atoms with Crippen LogP contribution in [-0.4, -0.2) is 18.4 Å². The van der Waals surface area contributed by atoms with Gasteiger partial charge in [0.25, 0.3) is 0 Å². The van der Waals surface area contributed by atoms with E-state index in [9.17, 15) is 9.18 Å². The van der Waals surface area contributed by atoms with Gasteiger partial charge in [-0.3, -0.25) is 5.43 Å². The first-order chi connectivity index (χ1) is 6.75. The summed E-state index contributed by atoms with van der Waals surface area (Å²) in [7, 11) is 0. The molecule has 4 nitrogen and oxygen atoms in total. The molecule has 1 heterocycles. The van der Waals surface area contributed by atoms with Crippen molar-refractivity contribution in [2.75, 3.05) is 6.54 Å². The third kappa shape index (κ3) is 1.71. The van der Waals surface area contributed by atoms with Crippen molar-refractivity contribution >= 4 is 11.9 Å². The fourth-order valence-electron chi connectivity index (χ4n) is 1.06. The average Bonchev–Trinajstić information content (AvgIpc) is 2.19. The molecular weight excluding hydrogens is 187 g/mol. The molecule has 14 heavy (non-hydrogen) atoms. The van der Waals surface area contributed by atoms with Crippen molar-refractivity contribution in [2.45, 2.75) is 0 Å². The summed E-state index contributed by atoms with van der Waals surface area (Å²) in [5, 5.41) is 3.78. The average molecular weight is 194 g/mol. The topological polar surface area (TPSA) is 50.7 Å². The van der Waals surface area contributed by atoms with E-state index < -0.39 is 5.97 Å². The maximum absolute atomic E-state index is 12.6. The Hall–Kier alpha value is -1.91. The van der Waals surface area contributed by atoms with Gasteiger partial charge in [-0.15, -0.1) is 5.10 Å². The lowest BCUT2D eigenvalue weighted by Gasteiger charge is -2.12. The van der Waals surface area contributed by atoms with Crippen molar-refractivity contribution in [2.24, 2.45) is 5.10 Å². The minimum Gasteiger partial charge on any atom is -0.404 e. The second-order valence-corrected chi connectivity index (χ2v) is 2.73. The summed E-state index contributed by atoms with van der Waals surface area (Å²) in [5.41, 5.74) is 3.08. The highest BCUT2D eigenvalue weighted by molar-refractivity contribution is 6.01. The molecule has 72 valence electrons. The van der Waals surface area contributed by atoms with Crippen LogP contribution in [0.4, 0.5) is 4.39 Å². The number of nitrogens with one attached hydrogen (secondary N) is 1. The van der Waals surface area contributed by atoms with Crippen LogP contribution in [0.5, 0.6) is 0 Å². The molecule has 0 saturated carbocycles. The van der Waals surface area contributed by atoms with Gasteiger partial charge in [0, 0.05) is 5.56 Å². The number of esters is 1. The van der Waals surface area contributed by atoms with Gasteiger partial charge < -0.3 is 4.74 Å². The normalized spacial score (nSPS) is 15.5. The Balaban J connectivity index is 2.26. The Kier molecular flexibility index (Phi) is 2.14. The van der Waals surface area contributed by atoms with Crippen molar-refractivity contribution < 1.29 is 13.9 Å². The van der Waals surface area contributed by atoms with Crippen molar-refractivity contribution in [3.05, 3.63) is 35.6 Å². The van der Waals surface area contributed by atoms with E-state index in [0.717, 1.165) is 0 Å². The number of hydrogen-bond acceptors (Lipinski definition) is 4. The standard InChI is InChI=1S/C9H7FN2O2/c10-7-3-1-6(2-4-7)9-12-11-5-8(13)14-9/h1-4,11H,5H2. The van der Waals surface area contributed by atoms with E-state index in [1.807, 2.05) is 0 Å². The number of halogens is 1. The molecule has 1 aromatic carbocycles. The molecule has 1 N–H and O–H groups in total. The lowest BCUT2D eigenvalue weighted by Crippen LogP contribution is -2.31. The van der Waals surface area contributed by atoms with E-state index in [-0.39, 0.29) is 18.3 Å². The molecule has 0 unspecified atom stereocenters. The third-order valence-corrected chi connectivity index (χ3v) is 1.71. The second kappa shape index (κ2) is 3.45. The molecule has 0 atom stereocenters. The first-order valence-electron chi connectivity index (χ1n) is 4.03. The molecule has 0 bridgehead atoms. The number of carbonyl (C=O) groups excluding carboxylic acids is 1. The van der Waals surface area contributed by atoms with E-state index in [2.05, 4.69) is 10.5 Å². The highest BCUT2D eigenvalue weighted by Gasteiger charge is 2.15.